The van der Waals surface area contributed by atoms with Gasteiger partial charge in [0.15, 0.2) is 0 Å². The number of phosphoric ester groups is 1. The van der Waals surface area contributed by atoms with Gasteiger partial charge in [-0.25, -0.2) is 4.57 Å². The summed E-state index contributed by atoms with van der Waals surface area (Å²) >= 11 is 0. The van der Waals surface area contributed by atoms with Crippen molar-refractivity contribution in [3.8, 4) is 0 Å². The number of likely N-dealkylation sites (N-methyl/N-ethyl adjacent to an activating group) is 1. The van der Waals surface area contributed by atoms with Gasteiger partial charge in [-0.3, -0.25) is 18.6 Å². The first-order valence-corrected chi connectivity index (χ1v) is 40.9. The molecule has 0 heterocycles. The van der Waals surface area contributed by atoms with Gasteiger partial charge in [-0.15, -0.1) is 0 Å². The van der Waals surface area contributed by atoms with Crippen molar-refractivity contribution in [1.82, 2.24) is 5.32 Å². The number of unbranched alkanes of at least 4 members (excludes halogenated alkanes) is 44. The summed E-state index contributed by atoms with van der Waals surface area (Å²) < 4.78 is 30.9. The predicted molar refractivity (Wildman–Crippen MR) is 401 cm³/mol. The fraction of sp³-hybridized carbons (Fsp3) is 0.805. The number of nitrogens with one attached hydrogen (secondary N) is 1. The van der Waals surface area contributed by atoms with Crippen LogP contribution in [0.1, 0.15) is 374 Å². The molecule has 10 heteroatoms. The average Bonchev–Trinajstić information content (AvgIpc) is 3.69. The number of rotatable bonds is 72. The van der Waals surface area contributed by atoms with Gasteiger partial charge in [0.05, 0.1) is 33.8 Å². The Balaban J connectivity index is 4.93. The van der Waals surface area contributed by atoms with Gasteiger partial charge in [-0.2, -0.15) is 0 Å². The van der Waals surface area contributed by atoms with E-state index in [2.05, 4.69) is 99.0 Å². The number of hydrogen-bond acceptors (Lipinski definition) is 6. The lowest BCUT2D eigenvalue weighted by molar-refractivity contribution is -0.870. The van der Waals surface area contributed by atoms with Crippen LogP contribution in [0.5, 0.6) is 0 Å². The highest BCUT2D eigenvalue weighted by Crippen LogP contribution is 2.43. The second-order valence-corrected chi connectivity index (χ2v) is 29.3. The summed E-state index contributed by atoms with van der Waals surface area (Å²) in [6.45, 7) is 6.94. The number of quaternary nitrogens is 1. The minimum absolute atomic E-state index is 0.0386. The van der Waals surface area contributed by atoms with Gasteiger partial charge < -0.3 is 19.4 Å². The zero-order valence-corrected chi connectivity index (χ0v) is 62.4. The van der Waals surface area contributed by atoms with E-state index in [9.17, 15) is 19.0 Å². The maximum atomic E-state index is 13.7. The first kappa shape index (κ1) is 89.2. The van der Waals surface area contributed by atoms with Crippen LogP contribution < -0.4 is 5.32 Å². The Kier molecular flexibility index (Phi) is 68.8. The summed E-state index contributed by atoms with van der Waals surface area (Å²) in [5.74, 6) is -0.495. The molecule has 0 spiro atoms. The second-order valence-electron chi connectivity index (χ2n) is 27.9. The number of ether oxygens (including phenoxy) is 1. The molecule has 0 rings (SSSR count). The van der Waals surface area contributed by atoms with E-state index in [1.165, 1.54) is 250 Å². The molecule has 3 unspecified atom stereocenters. The van der Waals surface area contributed by atoms with Crippen LogP contribution in [0.3, 0.4) is 0 Å². The van der Waals surface area contributed by atoms with E-state index in [1.807, 2.05) is 33.3 Å². The molecule has 0 aliphatic carbocycles. The molecule has 536 valence electrons. The van der Waals surface area contributed by atoms with Crippen LogP contribution in [0.15, 0.2) is 85.1 Å². The Morgan fingerprint density at radius 1 is 0.391 bits per heavy atom. The van der Waals surface area contributed by atoms with Crippen molar-refractivity contribution in [1.29, 1.82) is 0 Å². The van der Waals surface area contributed by atoms with Crippen LogP contribution in [-0.4, -0.2) is 74.3 Å². The SMILES string of the molecule is CC/C=C\C/C=C\C/C=C\C/C=C\C/C=C\CCCCCCCCCCCCCC(=O)NC(COP(=O)(O)OCC[N+](C)(C)C)C(/C=C/CCCCCCCCCCCC)OC(=O)CCCCCCCCCCCCCCCCCCC/C=C/CCCCCCCC. The van der Waals surface area contributed by atoms with Crippen LogP contribution in [0.4, 0.5) is 0 Å². The molecule has 1 amide bonds. The zero-order valence-electron chi connectivity index (χ0n) is 61.5. The van der Waals surface area contributed by atoms with Crippen molar-refractivity contribution in [3.63, 3.8) is 0 Å². The molecule has 0 aliphatic heterocycles. The molecular formula is C82H152N2O7P+. The Morgan fingerprint density at radius 2 is 0.696 bits per heavy atom. The summed E-state index contributed by atoms with van der Waals surface area (Å²) in [5.41, 5.74) is 0. The molecule has 0 aliphatic rings. The fourth-order valence-electron chi connectivity index (χ4n) is 11.6. The smallest absolute Gasteiger partial charge is 0.456 e. The van der Waals surface area contributed by atoms with Gasteiger partial charge in [-0.1, -0.05) is 344 Å². The molecule has 0 aromatic rings. The zero-order chi connectivity index (χ0) is 67.0. The number of esters is 1. The Bertz CT molecular complexity index is 1850. The molecule has 0 radical (unpaired) electrons. The standard InChI is InChI=1S/C82H151N2O7P/c1-7-10-13-16-19-22-25-28-30-32-34-36-38-40-42-44-46-48-50-52-54-56-59-62-65-68-71-74-81(85)83-79(78-90-92(87,88)89-77-76-84(4,5)6)80(73-70-67-64-61-58-27-24-21-18-15-12-9-3)91-82(86)75-72-69-66-63-60-57-55-53-51-49-47-45-43-41-39-37-35-33-31-29-26-23-20-17-14-11-8-2/h10,13,19,22,28-31,34,36,40,42,70,73,79-80H,7-9,11-12,14-18,20-21,23-27,32-33,35,37-39,41,43-69,71-72,74-78H2,1-6H3,(H-,83,85,87,88)/p+1/b13-10-,22-19-,30-28-,31-29+,36-34-,42-40-,73-70+. The van der Waals surface area contributed by atoms with E-state index >= 15 is 0 Å². The van der Waals surface area contributed by atoms with E-state index in [-0.39, 0.29) is 25.1 Å². The summed E-state index contributed by atoms with van der Waals surface area (Å²) in [7, 11) is 1.50. The van der Waals surface area contributed by atoms with E-state index < -0.39 is 20.0 Å². The van der Waals surface area contributed by atoms with Crippen LogP contribution in [0.25, 0.3) is 0 Å². The van der Waals surface area contributed by atoms with Gasteiger partial charge >= 0.3 is 13.8 Å². The maximum absolute atomic E-state index is 13.7. The topological polar surface area (TPSA) is 111 Å². The molecule has 0 aromatic heterocycles. The van der Waals surface area contributed by atoms with Crippen LogP contribution in [0.2, 0.25) is 0 Å². The van der Waals surface area contributed by atoms with Crippen molar-refractivity contribution >= 4 is 19.7 Å². The summed E-state index contributed by atoms with van der Waals surface area (Å²) in [5, 5.41) is 3.08. The highest BCUT2D eigenvalue weighted by atomic mass is 31.2. The number of carbonyl (C=O) groups is 2. The summed E-state index contributed by atoms with van der Waals surface area (Å²) in [4.78, 5) is 38.0. The van der Waals surface area contributed by atoms with E-state index in [4.69, 9.17) is 13.8 Å². The average molecular weight is 1310 g/mol. The number of phosphoric acid groups is 1. The molecule has 92 heavy (non-hydrogen) atoms. The molecular weight excluding hydrogens is 1160 g/mol. The summed E-state index contributed by atoms with van der Waals surface area (Å²) in [6.07, 6.45) is 96.2. The monoisotopic (exact) mass is 1310 g/mol. The van der Waals surface area contributed by atoms with Gasteiger partial charge in [0.25, 0.3) is 0 Å². The fourth-order valence-corrected chi connectivity index (χ4v) is 12.3. The minimum atomic E-state index is -4.46. The third-order valence-corrected chi connectivity index (χ3v) is 18.6. The largest absolute Gasteiger partial charge is 0.472 e. The number of hydrogen-bond donors (Lipinski definition) is 2. The highest BCUT2D eigenvalue weighted by Gasteiger charge is 2.30. The van der Waals surface area contributed by atoms with Gasteiger partial charge in [0.1, 0.15) is 19.3 Å². The van der Waals surface area contributed by atoms with Crippen molar-refractivity contribution in [2.75, 3.05) is 40.9 Å². The van der Waals surface area contributed by atoms with Gasteiger partial charge in [0.2, 0.25) is 5.91 Å². The lowest BCUT2D eigenvalue weighted by atomic mass is 10.0. The quantitative estimate of drug-likeness (QED) is 0.0205. The van der Waals surface area contributed by atoms with Crippen LogP contribution >= 0.6 is 7.82 Å². The maximum Gasteiger partial charge on any atom is 0.472 e. The van der Waals surface area contributed by atoms with E-state index in [1.54, 1.807) is 0 Å². The van der Waals surface area contributed by atoms with Gasteiger partial charge in [0, 0.05) is 12.8 Å². The molecule has 0 bridgehead atoms. The number of nitrogens with zero attached hydrogens (tertiary/aromatic N) is 1. The van der Waals surface area contributed by atoms with E-state index in [0.29, 0.717) is 23.9 Å². The third-order valence-electron chi connectivity index (χ3n) is 17.6. The molecule has 0 aromatic carbocycles. The second kappa shape index (κ2) is 71.0. The molecule has 9 nitrogen and oxygen atoms in total. The Morgan fingerprint density at radius 3 is 1.05 bits per heavy atom. The van der Waals surface area contributed by atoms with E-state index in [0.717, 1.165) is 89.9 Å². The van der Waals surface area contributed by atoms with Crippen molar-refractivity contribution in [3.05, 3.63) is 85.1 Å². The van der Waals surface area contributed by atoms with Crippen molar-refractivity contribution < 1.29 is 37.3 Å². The van der Waals surface area contributed by atoms with Crippen molar-refractivity contribution in [2.45, 2.75) is 386 Å². The third kappa shape index (κ3) is 71.5. The number of amides is 1. The van der Waals surface area contributed by atoms with Crippen molar-refractivity contribution in [2.24, 2.45) is 0 Å². The highest BCUT2D eigenvalue weighted by molar-refractivity contribution is 7.47. The first-order chi connectivity index (χ1) is 44.9. The molecule has 0 saturated heterocycles. The first-order valence-electron chi connectivity index (χ1n) is 39.4. The van der Waals surface area contributed by atoms with Crippen LogP contribution in [0, 0.1) is 0 Å². The Labute approximate surface area is 571 Å². The molecule has 0 fully saturated rings. The lowest BCUT2D eigenvalue weighted by Gasteiger charge is -2.27. The predicted octanol–water partition coefficient (Wildman–Crippen LogP) is 25.6. The molecule has 3 atom stereocenters. The van der Waals surface area contributed by atoms with Crippen LogP contribution in [-0.2, 0) is 27.9 Å². The minimum Gasteiger partial charge on any atom is -0.456 e. The molecule has 2 N–H and O–H groups in total. The number of carbonyl (C=O) groups excluding carboxylic acids is 2. The lowest BCUT2D eigenvalue weighted by Crippen LogP contribution is -2.47. The number of allylic oxidation sites excluding steroid dienone is 13. The molecule has 0 saturated carbocycles. The Hall–Kier alpha value is -2.81. The normalized spacial score (nSPS) is 13.9. The van der Waals surface area contributed by atoms with Gasteiger partial charge in [-0.05, 0) is 102 Å². The summed E-state index contributed by atoms with van der Waals surface area (Å²) in [6, 6.07) is -0.854.